The Hall–Kier alpha value is -4.00. The summed E-state index contributed by atoms with van der Waals surface area (Å²) in [7, 11) is 1.53. The molecule has 0 aliphatic carbocycles. The fraction of sp³-hybridized carbons (Fsp3) is 0.357. The molecule has 3 aromatic rings. The minimum absolute atomic E-state index is 0.0496. The summed E-state index contributed by atoms with van der Waals surface area (Å²) in [4.78, 5) is 23.4. The number of methoxy groups -OCH3 is 1. The van der Waals surface area contributed by atoms with E-state index in [1.54, 1.807) is 23.2 Å². The van der Waals surface area contributed by atoms with Gasteiger partial charge in [-0.15, -0.1) is 0 Å². The SMILES string of the molecule is COc1cc(Cc2nccc(-c3ccc(OC4CCOCC4)c(C#N)c3)n2)ccc1C(=O)N1CC(O)C1. The second kappa shape index (κ2) is 10.9. The van der Waals surface area contributed by atoms with Crippen LogP contribution in [0.25, 0.3) is 11.3 Å². The number of nitriles is 1. The van der Waals surface area contributed by atoms with E-state index in [9.17, 15) is 15.2 Å². The number of rotatable bonds is 7. The smallest absolute Gasteiger partial charge is 0.257 e. The molecule has 2 aliphatic heterocycles. The first-order chi connectivity index (χ1) is 18.0. The van der Waals surface area contributed by atoms with E-state index in [1.165, 1.54) is 7.11 Å². The number of carbonyl (C=O) groups excluding carboxylic acids is 1. The van der Waals surface area contributed by atoms with E-state index in [4.69, 9.17) is 19.2 Å². The van der Waals surface area contributed by atoms with E-state index in [0.717, 1.165) is 24.0 Å². The quantitative estimate of drug-likeness (QED) is 0.526. The van der Waals surface area contributed by atoms with Crippen LogP contribution in [0.4, 0.5) is 0 Å². The molecule has 0 radical (unpaired) electrons. The van der Waals surface area contributed by atoms with Crippen LogP contribution in [0.1, 0.15) is 40.2 Å². The van der Waals surface area contributed by atoms with Crippen molar-refractivity contribution < 1.29 is 24.1 Å². The molecule has 2 saturated heterocycles. The van der Waals surface area contributed by atoms with Crippen LogP contribution < -0.4 is 9.47 Å². The van der Waals surface area contributed by atoms with Crippen LogP contribution in [-0.4, -0.2) is 71.5 Å². The van der Waals surface area contributed by atoms with Crippen molar-refractivity contribution in [3.63, 3.8) is 0 Å². The number of amides is 1. The van der Waals surface area contributed by atoms with Gasteiger partial charge in [-0.25, -0.2) is 9.97 Å². The van der Waals surface area contributed by atoms with Gasteiger partial charge in [0.2, 0.25) is 0 Å². The van der Waals surface area contributed by atoms with Gasteiger partial charge >= 0.3 is 0 Å². The number of hydrogen-bond donors (Lipinski definition) is 1. The van der Waals surface area contributed by atoms with Gasteiger partial charge in [-0.1, -0.05) is 6.07 Å². The molecule has 5 rings (SSSR count). The van der Waals surface area contributed by atoms with Gasteiger partial charge in [0.15, 0.2) is 0 Å². The standard InChI is InChI=1S/C28H28N4O5/c1-35-26-12-18(2-4-23(26)28(34)32-16-21(33)17-32)13-27-30-9-6-24(31-27)19-3-5-25(20(14-19)15-29)37-22-7-10-36-11-8-22/h2-6,9,12,14,21-22,33H,7-8,10-11,13,16-17H2,1H3. The summed E-state index contributed by atoms with van der Waals surface area (Å²) in [5.41, 5.74) is 3.32. The molecule has 9 heteroatoms. The second-order valence-corrected chi connectivity index (χ2v) is 9.19. The Morgan fingerprint density at radius 3 is 2.70 bits per heavy atom. The highest BCUT2D eigenvalue weighted by molar-refractivity contribution is 5.97. The lowest BCUT2D eigenvalue weighted by Gasteiger charge is -2.36. The lowest BCUT2D eigenvalue weighted by atomic mass is 10.0. The third-order valence-electron chi connectivity index (χ3n) is 6.57. The number of likely N-dealkylation sites (tertiary alicyclic amines) is 1. The summed E-state index contributed by atoms with van der Waals surface area (Å²) in [6.45, 7) is 2.00. The van der Waals surface area contributed by atoms with Crippen LogP contribution in [0.2, 0.25) is 0 Å². The molecule has 0 atom stereocenters. The molecule has 0 spiro atoms. The van der Waals surface area contributed by atoms with Gasteiger partial charge < -0.3 is 24.2 Å². The van der Waals surface area contributed by atoms with Crippen LogP contribution in [0.15, 0.2) is 48.7 Å². The molecule has 2 aliphatic rings. The molecule has 37 heavy (non-hydrogen) atoms. The fourth-order valence-electron chi connectivity index (χ4n) is 4.49. The second-order valence-electron chi connectivity index (χ2n) is 9.19. The van der Waals surface area contributed by atoms with Crippen molar-refractivity contribution in [1.82, 2.24) is 14.9 Å². The Morgan fingerprint density at radius 1 is 1.16 bits per heavy atom. The number of nitrogens with zero attached hydrogens (tertiary/aromatic N) is 4. The Morgan fingerprint density at radius 2 is 1.97 bits per heavy atom. The number of carbonyl (C=O) groups is 1. The Bertz CT molecular complexity index is 1330. The number of ether oxygens (including phenoxy) is 3. The van der Waals surface area contributed by atoms with Crippen molar-refractivity contribution in [3.05, 3.63) is 71.2 Å². The predicted octanol–water partition coefficient (Wildman–Crippen LogP) is 2.99. The summed E-state index contributed by atoms with van der Waals surface area (Å²) in [6.07, 6.45) is 3.34. The number of β-amino-alcohol motifs (C(OH)–C–C–N with tert-alkyl or cyclic N) is 1. The van der Waals surface area contributed by atoms with Crippen molar-refractivity contribution in [1.29, 1.82) is 5.26 Å². The zero-order valence-corrected chi connectivity index (χ0v) is 20.6. The van der Waals surface area contributed by atoms with Crippen molar-refractivity contribution >= 4 is 5.91 Å². The van der Waals surface area contributed by atoms with Gasteiger partial charge in [0, 0.05) is 44.1 Å². The number of aromatic nitrogens is 2. The molecule has 9 nitrogen and oxygen atoms in total. The topological polar surface area (TPSA) is 118 Å². The molecule has 190 valence electrons. The molecule has 3 heterocycles. The Balaban J connectivity index is 1.32. The van der Waals surface area contributed by atoms with Crippen molar-refractivity contribution in [3.8, 4) is 28.8 Å². The third kappa shape index (κ3) is 5.56. The monoisotopic (exact) mass is 500 g/mol. The molecule has 0 bridgehead atoms. The number of benzene rings is 2. The van der Waals surface area contributed by atoms with Gasteiger partial charge in [-0.3, -0.25) is 4.79 Å². The van der Waals surface area contributed by atoms with E-state index < -0.39 is 6.10 Å². The summed E-state index contributed by atoms with van der Waals surface area (Å²) >= 11 is 0. The van der Waals surface area contributed by atoms with Crippen LogP contribution >= 0.6 is 0 Å². The average molecular weight is 501 g/mol. The summed E-state index contributed by atoms with van der Waals surface area (Å²) in [5, 5.41) is 19.2. The van der Waals surface area contributed by atoms with Crippen LogP contribution in [0, 0.1) is 11.3 Å². The fourth-order valence-corrected chi connectivity index (χ4v) is 4.49. The molecular weight excluding hydrogens is 472 g/mol. The highest BCUT2D eigenvalue weighted by Gasteiger charge is 2.31. The largest absolute Gasteiger partial charge is 0.496 e. The average Bonchev–Trinajstić information content (AvgIpc) is 2.92. The van der Waals surface area contributed by atoms with Crippen LogP contribution in [0.5, 0.6) is 11.5 Å². The van der Waals surface area contributed by atoms with Crippen molar-refractivity contribution in [2.45, 2.75) is 31.5 Å². The Kier molecular flexibility index (Phi) is 7.30. The van der Waals surface area contributed by atoms with E-state index in [0.29, 0.717) is 66.9 Å². The zero-order chi connectivity index (χ0) is 25.8. The minimum atomic E-state index is -0.460. The predicted molar refractivity (Wildman–Crippen MR) is 134 cm³/mol. The maximum Gasteiger partial charge on any atom is 0.257 e. The molecular formula is C28H28N4O5. The van der Waals surface area contributed by atoms with E-state index in [1.807, 2.05) is 30.3 Å². The normalized spacial score (nSPS) is 16.1. The maximum atomic E-state index is 12.7. The highest BCUT2D eigenvalue weighted by Crippen LogP contribution is 2.28. The Labute approximate surface area is 215 Å². The van der Waals surface area contributed by atoms with Crippen molar-refractivity contribution in [2.24, 2.45) is 0 Å². The van der Waals surface area contributed by atoms with E-state index in [2.05, 4.69) is 11.1 Å². The molecule has 1 aromatic heterocycles. The minimum Gasteiger partial charge on any atom is -0.496 e. The molecule has 2 aromatic carbocycles. The van der Waals surface area contributed by atoms with Crippen LogP contribution in [0.3, 0.4) is 0 Å². The number of aliphatic hydroxyl groups is 1. The highest BCUT2D eigenvalue weighted by atomic mass is 16.5. The maximum absolute atomic E-state index is 12.7. The van der Waals surface area contributed by atoms with Gasteiger partial charge in [-0.05, 0) is 42.0 Å². The lowest BCUT2D eigenvalue weighted by molar-refractivity contribution is 0.00570. The molecule has 1 N–H and O–H groups in total. The summed E-state index contributed by atoms with van der Waals surface area (Å²) in [6, 6.07) is 15.0. The van der Waals surface area contributed by atoms with E-state index in [-0.39, 0.29) is 12.0 Å². The first-order valence-corrected chi connectivity index (χ1v) is 12.3. The van der Waals surface area contributed by atoms with Crippen LogP contribution in [-0.2, 0) is 11.2 Å². The van der Waals surface area contributed by atoms with Crippen molar-refractivity contribution in [2.75, 3.05) is 33.4 Å². The molecule has 0 saturated carbocycles. The number of hydrogen-bond acceptors (Lipinski definition) is 8. The molecule has 0 unspecified atom stereocenters. The zero-order valence-electron chi connectivity index (χ0n) is 20.6. The van der Waals surface area contributed by atoms with Gasteiger partial charge in [-0.2, -0.15) is 5.26 Å². The van der Waals surface area contributed by atoms with Gasteiger partial charge in [0.25, 0.3) is 5.91 Å². The van der Waals surface area contributed by atoms with Gasteiger partial charge in [0.1, 0.15) is 29.5 Å². The molecule has 2 fully saturated rings. The first kappa shape index (κ1) is 24.7. The lowest BCUT2D eigenvalue weighted by Crippen LogP contribution is -2.53. The summed E-state index contributed by atoms with van der Waals surface area (Å²) in [5.74, 6) is 1.48. The third-order valence-corrected chi connectivity index (χ3v) is 6.57. The van der Waals surface area contributed by atoms with Gasteiger partial charge in [0.05, 0.1) is 43.2 Å². The summed E-state index contributed by atoms with van der Waals surface area (Å²) < 4.78 is 16.9. The number of aliphatic hydroxyl groups excluding tert-OH is 1. The van der Waals surface area contributed by atoms with E-state index >= 15 is 0 Å². The molecule has 1 amide bonds. The first-order valence-electron chi connectivity index (χ1n) is 12.3.